The minimum absolute atomic E-state index is 0.0683. The Kier molecular flexibility index (Phi) is 11.1. The maximum atomic E-state index is 2.58. The van der Waals surface area contributed by atoms with E-state index >= 15 is 0 Å². The van der Waals surface area contributed by atoms with Crippen LogP contribution in [0.4, 0.5) is 45.5 Å². The molecule has 1 unspecified atom stereocenters. The van der Waals surface area contributed by atoms with E-state index in [0.717, 1.165) is 51.9 Å². The van der Waals surface area contributed by atoms with Crippen molar-refractivity contribution >= 4 is 105 Å². The van der Waals surface area contributed by atoms with E-state index in [1.165, 1.54) is 63.0 Å². The Hall–Kier alpha value is -8.48. The van der Waals surface area contributed by atoms with Gasteiger partial charge in [-0.2, -0.15) is 0 Å². The van der Waals surface area contributed by atoms with Crippen LogP contribution in [-0.2, 0) is 6.42 Å². The first kappa shape index (κ1) is 42.6. The zero-order chi connectivity index (χ0) is 47.1. The summed E-state index contributed by atoms with van der Waals surface area (Å²) in [4.78, 5) is 8.68. The fourth-order valence-corrected chi connectivity index (χ4v) is 12.7. The second-order valence-corrected chi connectivity index (χ2v) is 20.3. The second-order valence-electron chi connectivity index (χ2n) is 18.1. The summed E-state index contributed by atoms with van der Waals surface area (Å²) in [5.74, 6) is 0. The Bertz CT molecular complexity index is 3720. The van der Waals surface area contributed by atoms with Gasteiger partial charge in [-0.1, -0.05) is 158 Å². The van der Waals surface area contributed by atoms with E-state index in [4.69, 9.17) is 0 Å². The normalized spacial score (nSPS) is 13.1. The zero-order valence-electron chi connectivity index (χ0n) is 38.8. The number of rotatable bonds is 11. The van der Waals surface area contributed by atoms with Crippen molar-refractivity contribution in [3.8, 4) is 22.3 Å². The van der Waals surface area contributed by atoms with E-state index in [1.807, 2.05) is 22.7 Å². The first-order valence-corrected chi connectivity index (χ1v) is 25.9. The molecular weight excluding hydrogens is 899 g/mol. The third-order valence-corrected chi connectivity index (χ3v) is 16.1. The molecule has 0 saturated heterocycles. The molecule has 10 aromatic carbocycles. The molecule has 0 radical (unpaired) electrons. The van der Waals surface area contributed by atoms with Gasteiger partial charge in [0.25, 0.3) is 0 Å². The van der Waals surface area contributed by atoms with Gasteiger partial charge in [0.1, 0.15) is 0 Å². The fraction of sp³-hybridized carbons (Fsp3) is 0.0303. The van der Waals surface area contributed by atoms with E-state index < -0.39 is 0 Å². The molecule has 12 aromatic rings. The van der Waals surface area contributed by atoms with Gasteiger partial charge >= 0.3 is 0 Å². The number of benzene rings is 10. The highest BCUT2D eigenvalue weighted by molar-refractivity contribution is 7.25. The van der Waals surface area contributed by atoms with Crippen LogP contribution in [-0.4, -0.2) is 6.04 Å². The Morgan fingerprint density at radius 3 is 1.41 bits per heavy atom. The lowest BCUT2D eigenvalue weighted by atomic mass is 9.95. The maximum absolute atomic E-state index is 2.58. The van der Waals surface area contributed by atoms with Crippen molar-refractivity contribution in [1.82, 2.24) is 0 Å². The molecule has 1 aliphatic rings. The van der Waals surface area contributed by atoms with E-state index in [1.54, 1.807) is 0 Å². The molecule has 0 saturated carbocycles. The molecule has 1 aliphatic carbocycles. The molecule has 338 valence electrons. The lowest BCUT2D eigenvalue weighted by Crippen LogP contribution is -2.32. The second kappa shape index (κ2) is 18.4. The predicted octanol–water partition coefficient (Wildman–Crippen LogP) is 19.3. The zero-order valence-corrected chi connectivity index (χ0v) is 40.5. The summed E-state index contributed by atoms with van der Waals surface area (Å²) in [7, 11) is 0. The molecule has 0 fully saturated rings. The van der Waals surface area contributed by atoms with Crippen LogP contribution in [0.1, 0.15) is 10.4 Å². The summed E-state index contributed by atoms with van der Waals surface area (Å²) in [5.41, 5.74) is 15.2. The Balaban J connectivity index is 0.935. The van der Waals surface area contributed by atoms with Crippen molar-refractivity contribution in [2.75, 3.05) is 14.7 Å². The van der Waals surface area contributed by atoms with Gasteiger partial charge in [-0.15, -0.1) is 22.7 Å². The summed E-state index contributed by atoms with van der Waals surface area (Å²) in [6.07, 6.45) is 5.69. The largest absolute Gasteiger partial charge is 0.334 e. The van der Waals surface area contributed by atoms with E-state index in [2.05, 4.69) is 282 Å². The minimum Gasteiger partial charge on any atom is -0.334 e. The van der Waals surface area contributed by atoms with Crippen LogP contribution in [0, 0.1) is 0 Å². The van der Waals surface area contributed by atoms with Crippen molar-refractivity contribution in [2.24, 2.45) is 0 Å². The smallest absolute Gasteiger partial charge is 0.0566 e. The summed E-state index contributed by atoms with van der Waals surface area (Å²) in [6.45, 7) is 0. The molecule has 2 aromatic heterocycles. The van der Waals surface area contributed by atoms with Gasteiger partial charge in [0, 0.05) is 75.2 Å². The third-order valence-electron chi connectivity index (χ3n) is 13.8. The highest BCUT2D eigenvalue weighted by atomic mass is 32.1. The molecule has 3 nitrogen and oxygen atoms in total. The Morgan fingerprint density at radius 1 is 0.310 bits per heavy atom. The van der Waals surface area contributed by atoms with Gasteiger partial charge in [0.2, 0.25) is 0 Å². The molecule has 71 heavy (non-hydrogen) atoms. The number of hydrogen-bond donors (Lipinski definition) is 0. The van der Waals surface area contributed by atoms with Crippen LogP contribution in [0.5, 0.6) is 0 Å². The summed E-state index contributed by atoms with van der Waals surface area (Å²) >= 11 is 3.76. The van der Waals surface area contributed by atoms with E-state index in [9.17, 15) is 0 Å². The fourth-order valence-electron chi connectivity index (χ4n) is 10.4. The molecule has 0 N–H and O–H groups in total. The van der Waals surface area contributed by atoms with Gasteiger partial charge in [-0.05, 0) is 149 Å². The Labute approximate surface area is 422 Å². The average Bonchev–Trinajstić information content (AvgIpc) is 4.00. The molecule has 0 aliphatic heterocycles. The van der Waals surface area contributed by atoms with Crippen LogP contribution >= 0.6 is 22.7 Å². The molecule has 13 rings (SSSR count). The van der Waals surface area contributed by atoms with Crippen LogP contribution in [0.15, 0.2) is 261 Å². The van der Waals surface area contributed by atoms with Crippen molar-refractivity contribution < 1.29 is 0 Å². The van der Waals surface area contributed by atoms with Crippen LogP contribution in [0.2, 0.25) is 0 Å². The third kappa shape index (κ3) is 8.15. The maximum Gasteiger partial charge on any atom is 0.0566 e. The summed E-state index contributed by atoms with van der Waals surface area (Å²) in [6, 6.07) is 92.8. The highest BCUT2D eigenvalue weighted by Crippen LogP contribution is 2.46. The first-order chi connectivity index (χ1) is 35.2. The average molecular weight is 946 g/mol. The van der Waals surface area contributed by atoms with Gasteiger partial charge in [0.15, 0.2) is 0 Å². The SMILES string of the molecule is C1=CC(N(c2cccc(N(c3ccc(-c4ccccc4)cc3)c3ccc(-c4ccccc4)cc3)c2)c2ccc3sc4cc(N(c5ccccc5)c5ccccc5)ccc4c3c2)Cc2c1sc1ccccc21. The highest BCUT2D eigenvalue weighted by Gasteiger charge is 2.27. The van der Waals surface area contributed by atoms with Gasteiger partial charge < -0.3 is 14.7 Å². The number of fused-ring (bicyclic) bond motifs is 6. The minimum atomic E-state index is 0.0683. The standard InChI is InChI=1S/C66H47N3S2/c1-5-16-46(17-6-1)48-28-32-52(33-29-48)68(53-34-30-49(31-35-53)47-18-7-2-8-19-47)54-24-15-25-55(42-54)69(56-37-40-64-61(43-56)59-26-13-14-27-63(59)70-64)57-38-41-65-62(44-57)60-39-36-58(45-66(60)71-65)67(50-20-9-3-10-21-50)51-22-11-4-12-23-51/h1-42,44-45,56H,43H2. The van der Waals surface area contributed by atoms with Crippen molar-refractivity contribution in [3.05, 3.63) is 271 Å². The summed E-state index contributed by atoms with van der Waals surface area (Å²) < 4.78 is 3.88. The summed E-state index contributed by atoms with van der Waals surface area (Å²) in [5, 5.41) is 3.88. The van der Waals surface area contributed by atoms with Crippen LogP contribution < -0.4 is 14.7 Å². The van der Waals surface area contributed by atoms with Gasteiger partial charge in [0.05, 0.1) is 6.04 Å². The van der Waals surface area contributed by atoms with E-state index in [-0.39, 0.29) is 6.04 Å². The quantitative estimate of drug-likeness (QED) is 0.128. The lowest BCUT2D eigenvalue weighted by molar-refractivity contribution is 0.773. The van der Waals surface area contributed by atoms with E-state index in [0.29, 0.717) is 0 Å². The molecule has 2 heterocycles. The molecule has 0 amide bonds. The van der Waals surface area contributed by atoms with Crippen molar-refractivity contribution in [2.45, 2.75) is 12.5 Å². The monoisotopic (exact) mass is 945 g/mol. The van der Waals surface area contributed by atoms with Crippen LogP contribution in [0.25, 0.3) is 58.6 Å². The molecule has 0 spiro atoms. The molecular formula is C66H47N3S2. The number of hydrogen-bond acceptors (Lipinski definition) is 5. The molecule has 1 atom stereocenters. The molecule has 0 bridgehead atoms. The lowest BCUT2D eigenvalue weighted by Gasteiger charge is -2.35. The molecule has 5 heteroatoms. The topological polar surface area (TPSA) is 9.72 Å². The van der Waals surface area contributed by atoms with Crippen LogP contribution in [0.3, 0.4) is 0 Å². The Morgan fingerprint density at radius 2 is 0.775 bits per heavy atom. The first-order valence-electron chi connectivity index (χ1n) is 24.2. The number of anilines is 8. The number of nitrogens with zero attached hydrogens (tertiary/aromatic N) is 3. The van der Waals surface area contributed by atoms with Gasteiger partial charge in [-0.25, -0.2) is 0 Å². The predicted molar refractivity (Wildman–Crippen MR) is 307 cm³/mol. The number of thiophene rings is 2. The van der Waals surface area contributed by atoms with Crippen molar-refractivity contribution in [1.29, 1.82) is 0 Å². The van der Waals surface area contributed by atoms with Crippen molar-refractivity contribution in [3.63, 3.8) is 0 Å². The van der Waals surface area contributed by atoms with Gasteiger partial charge in [-0.3, -0.25) is 0 Å². The number of para-hydroxylation sites is 2.